The van der Waals surface area contributed by atoms with Gasteiger partial charge in [-0.3, -0.25) is 4.90 Å². The quantitative estimate of drug-likeness (QED) is 0.901. The van der Waals surface area contributed by atoms with E-state index in [9.17, 15) is 5.26 Å². The third-order valence-corrected chi connectivity index (χ3v) is 4.67. The largest absolute Gasteiger partial charge is 0.328 e. The summed E-state index contributed by atoms with van der Waals surface area (Å²) in [5.41, 5.74) is 7.24. The Bertz CT molecular complexity index is 451. The van der Waals surface area contributed by atoms with E-state index < -0.39 is 0 Å². The number of benzene rings is 1. The maximum atomic E-state index is 9.45. The average Bonchev–Trinajstić information content (AvgIpc) is 2.67. The molecule has 2 fully saturated rings. The van der Waals surface area contributed by atoms with Crippen molar-refractivity contribution in [1.82, 2.24) is 4.90 Å². The van der Waals surface area contributed by atoms with Crippen LogP contribution in [0.2, 0.25) is 0 Å². The van der Waals surface area contributed by atoms with Crippen molar-refractivity contribution in [3.05, 3.63) is 35.9 Å². The molecule has 2 saturated heterocycles. The maximum absolute atomic E-state index is 9.45. The zero-order valence-electron chi connectivity index (χ0n) is 11.2. The molecule has 0 aliphatic carbocycles. The number of hydrogen-bond acceptors (Lipinski definition) is 3. The first-order chi connectivity index (χ1) is 9.28. The fraction of sp³-hybridized carbons (Fsp3) is 0.562. The second-order valence-electron chi connectivity index (χ2n) is 5.91. The van der Waals surface area contributed by atoms with Crippen LogP contribution in [0.25, 0.3) is 0 Å². The summed E-state index contributed by atoms with van der Waals surface area (Å²) in [5, 5.41) is 9.45. The lowest BCUT2D eigenvalue weighted by Gasteiger charge is -2.38. The maximum Gasteiger partial charge on any atom is 0.0839 e. The van der Waals surface area contributed by atoms with Crippen LogP contribution < -0.4 is 5.73 Å². The highest BCUT2D eigenvalue weighted by Gasteiger charge is 2.40. The van der Waals surface area contributed by atoms with Crippen LogP contribution in [0.5, 0.6) is 0 Å². The van der Waals surface area contributed by atoms with Gasteiger partial charge < -0.3 is 5.73 Å². The smallest absolute Gasteiger partial charge is 0.0839 e. The number of fused-ring (bicyclic) bond motifs is 2. The van der Waals surface area contributed by atoms with Crippen LogP contribution in [0.4, 0.5) is 0 Å². The van der Waals surface area contributed by atoms with Gasteiger partial charge >= 0.3 is 0 Å². The van der Waals surface area contributed by atoms with Crippen LogP contribution in [0.1, 0.15) is 37.2 Å². The predicted molar refractivity (Wildman–Crippen MR) is 75.5 cm³/mol. The van der Waals surface area contributed by atoms with E-state index in [4.69, 9.17) is 5.73 Å². The van der Waals surface area contributed by atoms with Crippen LogP contribution in [0, 0.1) is 11.3 Å². The molecule has 100 valence electrons. The van der Waals surface area contributed by atoms with E-state index in [1.54, 1.807) is 0 Å². The van der Waals surface area contributed by atoms with E-state index in [1.165, 1.54) is 12.8 Å². The van der Waals surface area contributed by atoms with Gasteiger partial charge in [-0.2, -0.15) is 5.26 Å². The molecule has 3 heteroatoms. The summed E-state index contributed by atoms with van der Waals surface area (Å²) in [6, 6.07) is 14.2. The van der Waals surface area contributed by atoms with Crippen molar-refractivity contribution in [2.45, 2.75) is 49.7 Å². The molecule has 1 aromatic carbocycles. The van der Waals surface area contributed by atoms with Crippen molar-refractivity contribution < 1.29 is 0 Å². The molecule has 0 aromatic heterocycles. The van der Waals surface area contributed by atoms with E-state index >= 15 is 0 Å². The van der Waals surface area contributed by atoms with E-state index in [1.807, 2.05) is 18.2 Å². The lowest BCUT2D eigenvalue weighted by atomic mass is 9.94. The average molecular weight is 255 g/mol. The van der Waals surface area contributed by atoms with Gasteiger partial charge in [0.05, 0.1) is 12.0 Å². The van der Waals surface area contributed by atoms with Crippen LogP contribution in [-0.2, 0) is 0 Å². The second kappa shape index (κ2) is 5.32. The summed E-state index contributed by atoms with van der Waals surface area (Å²) in [6.45, 7) is 0.864. The highest BCUT2D eigenvalue weighted by molar-refractivity contribution is 5.25. The van der Waals surface area contributed by atoms with Gasteiger partial charge in [0.2, 0.25) is 0 Å². The topological polar surface area (TPSA) is 53.0 Å². The van der Waals surface area contributed by atoms with E-state index in [2.05, 4.69) is 23.1 Å². The van der Waals surface area contributed by atoms with Gasteiger partial charge in [0.1, 0.15) is 0 Å². The van der Waals surface area contributed by atoms with Gasteiger partial charge in [-0.15, -0.1) is 0 Å². The highest BCUT2D eigenvalue weighted by atomic mass is 15.2. The summed E-state index contributed by atoms with van der Waals surface area (Å²) in [5.74, 6) is -0.0152. The first-order valence-electron chi connectivity index (χ1n) is 7.24. The van der Waals surface area contributed by atoms with Gasteiger partial charge in [-0.1, -0.05) is 30.3 Å². The van der Waals surface area contributed by atoms with Crippen molar-refractivity contribution in [1.29, 1.82) is 5.26 Å². The van der Waals surface area contributed by atoms with Gasteiger partial charge in [-0.05, 0) is 31.2 Å². The van der Waals surface area contributed by atoms with Crippen LogP contribution >= 0.6 is 0 Å². The summed E-state index contributed by atoms with van der Waals surface area (Å²) in [7, 11) is 0. The fourth-order valence-electron chi connectivity index (χ4n) is 3.73. The molecule has 3 rings (SSSR count). The Kier molecular flexibility index (Phi) is 3.54. The van der Waals surface area contributed by atoms with Crippen LogP contribution in [0.3, 0.4) is 0 Å². The lowest BCUT2D eigenvalue weighted by Crippen LogP contribution is -2.48. The molecule has 0 radical (unpaired) electrons. The molecule has 0 spiro atoms. The van der Waals surface area contributed by atoms with Gasteiger partial charge in [0.25, 0.3) is 0 Å². The normalized spacial score (nSPS) is 31.9. The molecular weight excluding hydrogens is 234 g/mol. The summed E-state index contributed by atoms with van der Waals surface area (Å²) in [4.78, 5) is 2.55. The molecule has 19 heavy (non-hydrogen) atoms. The Morgan fingerprint density at radius 2 is 1.84 bits per heavy atom. The standard InChI is InChI=1S/C16H21N3/c17-10-13(12-4-2-1-3-5-12)11-19-15-6-7-16(19)9-14(18)8-15/h1-5,13-16H,6-9,11,18H2. The molecule has 2 aliphatic rings. The molecular formula is C16H21N3. The van der Waals surface area contributed by atoms with Gasteiger partial charge in [-0.25, -0.2) is 0 Å². The minimum atomic E-state index is -0.0152. The van der Waals surface area contributed by atoms with E-state index in [-0.39, 0.29) is 5.92 Å². The number of rotatable bonds is 3. The molecule has 1 aromatic rings. The zero-order valence-corrected chi connectivity index (χ0v) is 11.2. The van der Waals surface area contributed by atoms with E-state index in [0.29, 0.717) is 18.1 Å². The zero-order chi connectivity index (χ0) is 13.2. The number of piperidine rings is 1. The summed E-state index contributed by atoms with van der Waals surface area (Å²) >= 11 is 0. The third kappa shape index (κ3) is 2.51. The Labute approximate surface area is 115 Å². The van der Waals surface area contributed by atoms with E-state index in [0.717, 1.165) is 24.9 Å². The Morgan fingerprint density at radius 1 is 1.21 bits per heavy atom. The van der Waals surface area contributed by atoms with Gasteiger partial charge in [0.15, 0.2) is 0 Å². The Morgan fingerprint density at radius 3 is 2.42 bits per heavy atom. The molecule has 2 bridgehead atoms. The fourth-order valence-corrected chi connectivity index (χ4v) is 3.73. The third-order valence-electron chi connectivity index (χ3n) is 4.67. The number of nitrogens with zero attached hydrogens (tertiary/aromatic N) is 2. The SMILES string of the molecule is N#CC(CN1C2CCC1CC(N)C2)c1ccccc1. The molecule has 3 nitrogen and oxygen atoms in total. The molecule has 2 heterocycles. The molecule has 2 aliphatic heterocycles. The van der Waals surface area contributed by atoms with Crippen LogP contribution in [-0.4, -0.2) is 29.6 Å². The minimum absolute atomic E-state index is 0.0152. The Balaban J connectivity index is 1.73. The van der Waals surface area contributed by atoms with Crippen molar-refractivity contribution in [2.75, 3.05) is 6.54 Å². The summed E-state index contributed by atoms with van der Waals surface area (Å²) < 4.78 is 0. The monoisotopic (exact) mass is 255 g/mol. The van der Waals surface area contributed by atoms with Crippen LogP contribution in [0.15, 0.2) is 30.3 Å². The van der Waals surface area contributed by atoms with Crippen molar-refractivity contribution in [3.63, 3.8) is 0 Å². The molecule has 3 unspecified atom stereocenters. The number of nitriles is 1. The predicted octanol–water partition coefficient (Wildman–Crippen LogP) is 2.25. The first-order valence-corrected chi connectivity index (χ1v) is 7.24. The molecule has 0 amide bonds. The Hall–Kier alpha value is -1.37. The lowest BCUT2D eigenvalue weighted by molar-refractivity contribution is 0.125. The van der Waals surface area contributed by atoms with Gasteiger partial charge in [0, 0.05) is 24.7 Å². The van der Waals surface area contributed by atoms with Crippen molar-refractivity contribution in [2.24, 2.45) is 5.73 Å². The molecule has 3 atom stereocenters. The second-order valence-corrected chi connectivity index (χ2v) is 5.91. The molecule has 0 saturated carbocycles. The number of hydrogen-bond donors (Lipinski definition) is 1. The number of nitrogens with two attached hydrogens (primary N) is 1. The minimum Gasteiger partial charge on any atom is -0.328 e. The molecule has 2 N–H and O–H groups in total. The van der Waals surface area contributed by atoms with Crippen molar-refractivity contribution >= 4 is 0 Å². The summed E-state index contributed by atoms with van der Waals surface area (Å²) in [6.07, 6.45) is 4.71. The van der Waals surface area contributed by atoms with Crippen molar-refractivity contribution in [3.8, 4) is 6.07 Å². The first kappa shape index (κ1) is 12.7. The highest BCUT2D eigenvalue weighted by Crippen LogP contribution is 2.36.